The first-order chi connectivity index (χ1) is 13.2. The molecule has 0 aromatic heterocycles. The van der Waals surface area contributed by atoms with E-state index in [2.05, 4.69) is 0 Å². The number of carbonyl (C=O) groups is 1. The Kier molecular flexibility index (Phi) is 4.45. The summed E-state index contributed by atoms with van der Waals surface area (Å²) in [5, 5.41) is 9.34. The van der Waals surface area contributed by atoms with Gasteiger partial charge in [0.1, 0.15) is 0 Å². The van der Waals surface area contributed by atoms with Crippen LogP contribution in [0.25, 0.3) is 0 Å². The third-order valence-electron chi connectivity index (χ3n) is 5.62. The number of halogens is 4. The molecule has 1 amide bonds. The van der Waals surface area contributed by atoms with Crippen molar-refractivity contribution in [2.45, 2.75) is 43.6 Å². The molecule has 0 fully saturated rings. The van der Waals surface area contributed by atoms with E-state index in [1.54, 1.807) is 4.90 Å². The Hall–Kier alpha value is -2.41. The maximum absolute atomic E-state index is 14.0. The number of anilines is 1. The number of carbonyl (C=O) groups excluding carboxylic acids is 1. The van der Waals surface area contributed by atoms with Crippen LogP contribution in [0.5, 0.6) is 0 Å². The largest absolute Gasteiger partial charge is 0.453 e. The summed E-state index contributed by atoms with van der Waals surface area (Å²) in [6, 6.07) is 10.9. The van der Waals surface area contributed by atoms with Crippen LogP contribution in [-0.4, -0.2) is 23.7 Å². The van der Waals surface area contributed by atoms with Crippen LogP contribution in [0, 0.1) is 0 Å². The minimum absolute atomic E-state index is 0.0964. The molecule has 0 bridgehead atoms. The first kappa shape index (κ1) is 18.9. The van der Waals surface area contributed by atoms with Crippen LogP contribution in [-0.2, 0) is 23.5 Å². The topological polar surface area (TPSA) is 40.5 Å². The predicted molar refractivity (Wildman–Crippen MR) is 95.7 cm³/mol. The second kappa shape index (κ2) is 6.58. The summed E-state index contributed by atoms with van der Waals surface area (Å²) in [5.41, 5.74) is 2.18. The molecule has 0 spiro atoms. The van der Waals surface area contributed by atoms with Gasteiger partial charge in [0.2, 0.25) is 5.91 Å². The summed E-state index contributed by atoms with van der Waals surface area (Å²) in [6.07, 6.45) is -3.02. The van der Waals surface area contributed by atoms with Gasteiger partial charge in [-0.05, 0) is 54.5 Å². The van der Waals surface area contributed by atoms with E-state index in [9.17, 15) is 27.5 Å². The fraction of sp³-hybridized carbons (Fsp3) is 0.381. The molecular weight excluding hydrogens is 374 g/mol. The van der Waals surface area contributed by atoms with Crippen molar-refractivity contribution < 1.29 is 27.5 Å². The van der Waals surface area contributed by atoms with Crippen LogP contribution in [0.15, 0.2) is 42.5 Å². The van der Waals surface area contributed by atoms with E-state index in [4.69, 9.17) is 0 Å². The van der Waals surface area contributed by atoms with E-state index in [0.29, 0.717) is 43.5 Å². The molecule has 1 aliphatic carbocycles. The van der Waals surface area contributed by atoms with Gasteiger partial charge in [-0.1, -0.05) is 30.3 Å². The highest BCUT2D eigenvalue weighted by Gasteiger charge is 2.56. The van der Waals surface area contributed by atoms with Crippen LogP contribution in [0.2, 0.25) is 0 Å². The van der Waals surface area contributed by atoms with E-state index < -0.39 is 17.6 Å². The fourth-order valence-electron chi connectivity index (χ4n) is 4.02. The SMILES string of the molecule is O=C(C1Cc2ccccc21)N1CCCCc2cc(C(O)(F)C(F)(F)F)ccc21. The van der Waals surface area contributed by atoms with E-state index >= 15 is 0 Å². The minimum Gasteiger partial charge on any atom is -0.351 e. The van der Waals surface area contributed by atoms with Crippen LogP contribution in [0.4, 0.5) is 23.2 Å². The lowest BCUT2D eigenvalue weighted by Gasteiger charge is -2.34. The van der Waals surface area contributed by atoms with Gasteiger partial charge < -0.3 is 10.0 Å². The van der Waals surface area contributed by atoms with E-state index in [0.717, 1.165) is 23.3 Å². The van der Waals surface area contributed by atoms with Gasteiger partial charge in [-0.2, -0.15) is 17.6 Å². The Balaban J connectivity index is 1.67. The van der Waals surface area contributed by atoms with Gasteiger partial charge in [-0.25, -0.2) is 0 Å². The zero-order valence-corrected chi connectivity index (χ0v) is 15.0. The normalized spacial score (nSPS) is 21.0. The molecule has 1 N–H and O–H groups in total. The predicted octanol–water partition coefficient (Wildman–Crippen LogP) is 4.37. The van der Waals surface area contributed by atoms with E-state index in [1.807, 2.05) is 24.3 Å². The molecule has 2 aliphatic rings. The molecule has 0 radical (unpaired) electrons. The minimum atomic E-state index is -5.43. The van der Waals surface area contributed by atoms with E-state index in [1.165, 1.54) is 6.07 Å². The second-order valence-corrected chi connectivity index (χ2v) is 7.37. The van der Waals surface area contributed by atoms with Crippen molar-refractivity contribution >= 4 is 11.6 Å². The molecule has 0 saturated carbocycles. The van der Waals surface area contributed by atoms with Gasteiger partial charge in [0.25, 0.3) is 0 Å². The van der Waals surface area contributed by atoms with Gasteiger partial charge in [0.15, 0.2) is 0 Å². The number of alkyl halides is 4. The van der Waals surface area contributed by atoms with E-state index in [-0.39, 0.29) is 11.8 Å². The molecule has 1 heterocycles. The number of benzene rings is 2. The molecule has 4 rings (SSSR count). The van der Waals surface area contributed by atoms with Crippen molar-refractivity contribution in [1.29, 1.82) is 0 Å². The monoisotopic (exact) mass is 393 g/mol. The Morgan fingerprint density at radius 3 is 2.50 bits per heavy atom. The zero-order valence-electron chi connectivity index (χ0n) is 15.0. The highest BCUT2D eigenvalue weighted by molar-refractivity contribution is 6.00. The van der Waals surface area contributed by atoms with Crippen LogP contribution >= 0.6 is 0 Å². The van der Waals surface area contributed by atoms with Crippen molar-refractivity contribution in [1.82, 2.24) is 0 Å². The average molecular weight is 393 g/mol. The number of aliphatic hydroxyl groups is 1. The van der Waals surface area contributed by atoms with Crippen LogP contribution in [0.1, 0.15) is 41.0 Å². The number of fused-ring (bicyclic) bond motifs is 2. The number of hydrogen-bond donors (Lipinski definition) is 1. The van der Waals surface area contributed by atoms with Gasteiger partial charge in [0.05, 0.1) is 5.92 Å². The van der Waals surface area contributed by atoms with Crippen molar-refractivity contribution in [3.05, 3.63) is 64.7 Å². The zero-order chi connectivity index (χ0) is 20.1. The second-order valence-electron chi connectivity index (χ2n) is 7.37. The molecule has 2 aromatic carbocycles. The quantitative estimate of drug-likeness (QED) is 0.770. The summed E-state index contributed by atoms with van der Waals surface area (Å²) in [6.45, 7) is 0.461. The first-order valence-electron chi connectivity index (χ1n) is 9.21. The Morgan fingerprint density at radius 2 is 1.79 bits per heavy atom. The number of nitrogens with zero attached hydrogens (tertiary/aromatic N) is 1. The lowest BCUT2D eigenvalue weighted by Crippen LogP contribution is -2.40. The number of amides is 1. The first-order valence-corrected chi connectivity index (χ1v) is 9.21. The molecule has 2 atom stereocenters. The molecule has 28 heavy (non-hydrogen) atoms. The summed E-state index contributed by atoms with van der Waals surface area (Å²) >= 11 is 0. The van der Waals surface area contributed by atoms with Gasteiger partial charge in [0, 0.05) is 17.8 Å². The van der Waals surface area contributed by atoms with Crippen LogP contribution < -0.4 is 4.90 Å². The Labute approximate surface area is 159 Å². The standard InChI is InChI=1S/C21H19F4NO2/c22-20(28,21(23,24)25)15-8-9-18-14(11-15)6-3-4-10-26(18)19(27)17-12-13-5-1-2-7-16(13)17/h1-2,5,7-9,11,17,28H,3-4,6,10,12H2. The molecule has 2 unspecified atom stereocenters. The summed E-state index contributed by atoms with van der Waals surface area (Å²) in [5.74, 6) is -4.79. The van der Waals surface area contributed by atoms with Crippen LogP contribution in [0.3, 0.4) is 0 Å². The van der Waals surface area contributed by atoms with Crippen molar-refractivity contribution in [2.75, 3.05) is 11.4 Å². The molecule has 0 saturated heterocycles. The maximum Gasteiger partial charge on any atom is 0.453 e. The van der Waals surface area contributed by atoms with Crippen molar-refractivity contribution in [3.8, 4) is 0 Å². The molecule has 148 valence electrons. The molecular formula is C21H19F4NO2. The van der Waals surface area contributed by atoms with Gasteiger partial charge >= 0.3 is 12.0 Å². The highest BCUT2D eigenvalue weighted by atomic mass is 19.4. The maximum atomic E-state index is 14.0. The van der Waals surface area contributed by atoms with Crippen molar-refractivity contribution in [3.63, 3.8) is 0 Å². The Morgan fingerprint density at radius 1 is 1.04 bits per heavy atom. The summed E-state index contributed by atoms with van der Waals surface area (Å²) in [7, 11) is 0. The lowest BCUT2D eigenvalue weighted by molar-refractivity contribution is -0.323. The smallest absolute Gasteiger partial charge is 0.351 e. The summed E-state index contributed by atoms with van der Waals surface area (Å²) < 4.78 is 52.5. The number of rotatable bonds is 2. The number of aryl methyl sites for hydroxylation is 1. The third kappa shape index (κ3) is 2.98. The molecule has 7 heteroatoms. The third-order valence-corrected chi connectivity index (χ3v) is 5.62. The number of hydrogen-bond acceptors (Lipinski definition) is 2. The van der Waals surface area contributed by atoms with Gasteiger partial charge in [-0.15, -0.1) is 0 Å². The molecule has 1 aliphatic heterocycles. The fourth-order valence-corrected chi connectivity index (χ4v) is 4.02. The van der Waals surface area contributed by atoms with Gasteiger partial charge in [-0.3, -0.25) is 4.79 Å². The average Bonchev–Trinajstić information content (AvgIpc) is 2.83. The molecule has 2 aromatic rings. The summed E-state index contributed by atoms with van der Waals surface area (Å²) in [4.78, 5) is 14.7. The van der Waals surface area contributed by atoms with Crippen molar-refractivity contribution in [2.24, 2.45) is 0 Å². The molecule has 3 nitrogen and oxygen atoms in total. The highest BCUT2D eigenvalue weighted by Crippen LogP contribution is 2.43. The Bertz CT molecular complexity index is 923. The lowest BCUT2D eigenvalue weighted by atomic mass is 9.76.